The molecule has 2 aliphatic heterocycles. The highest BCUT2D eigenvalue weighted by atomic mass is 16.7. The molecule has 2 heterocycles. The van der Waals surface area contributed by atoms with Crippen molar-refractivity contribution >= 4 is 30.0 Å². The van der Waals surface area contributed by atoms with Crippen LogP contribution in [0.1, 0.15) is 39.1 Å². The van der Waals surface area contributed by atoms with Gasteiger partial charge in [-0.1, -0.05) is 61.2 Å². The van der Waals surface area contributed by atoms with E-state index in [1.807, 2.05) is 54.6 Å². The molecule has 272 valence electrons. The Hall–Kier alpha value is -6.04. The number of ether oxygens (including phenoxy) is 7. The van der Waals surface area contributed by atoms with Crippen LogP contribution in [-0.2, 0) is 33.3 Å². The Kier molecular flexibility index (Phi) is 12.4. The van der Waals surface area contributed by atoms with Crippen LogP contribution in [-0.4, -0.2) is 74.7 Å². The standard InChI is InChI=1S/C42H38O11/c1-2-37(43)48-25-7-6-24-47-33-19-15-31(16-20-33)41(45)51-34-21-17-32(18-22-34)42(46)53-36-27-50-39-35(26-49-40(36)39)52-38(44)23-12-28-10-13-30(14-11-28)29-8-4-3-5-9-29/h2-5,8-23,35-36,39-40H,1,6-7,24-27H2/b23-12+/t35-,36+,39-,40-/m1/s1. The van der Waals surface area contributed by atoms with Crippen molar-refractivity contribution in [1.29, 1.82) is 0 Å². The molecule has 0 N–H and O–H groups in total. The van der Waals surface area contributed by atoms with E-state index >= 15 is 0 Å². The zero-order valence-electron chi connectivity index (χ0n) is 28.8. The lowest BCUT2D eigenvalue weighted by atomic mass is 10.0. The van der Waals surface area contributed by atoms with E-state index < -0.39 is 48.3 Å². The van der Waals surface area contributed by atoms with Crippen LogP contribution in [0.4, 0.5) is 0 Å². The Balaban J connectivity index is 0.916. The van der Waals surface area contributed by atoms with Gasteiger partial charge >= 0.3 is 23.9 Å². The maximum Gasteiger partial charge on any atom is 0.343 e. The first-order chi connectivity index (χ1) is 25.9. The Morgan fingerprint density at radius 2 is 1.23 bits per heavy atom. The van der Waals surface area contributed by atoms with Crippen molar-refractivity contribution in [2.75, 3.05) is 26.4 Å². The summed E-state index contributed by atoms with van der Waals surface area (Å²) in [4.78, 5) is 49.3. The van der Waals surface area contributed by atoms with Gasteiger partial charge in [0.15, 0.2) is 12.2 Å². The van der Waals surface area contributed by atoms with Crippen LogP contribution in [0.5, 0.6) is 11.5 Å². The molecule has 11 heteroatoms. The molecule has 53 heavy (non-hydrogen) atoms. The van der Waals surface area contributed by atoms with E-state index in [0.29, 0.717) is 37.4 Å². The molecule has 4 aromatic carbocycles. The highest BCUT2D eigenvalue weighted by Gasteiger charge is 2.51. The van der Waals surface area contributed by atoms with Crippen LogP contribution in [0.15, 0.2) is 122 Å². The van der Waals surface area contributed by atoms with Gasteiger partial charge in [0.2, 0.25) is 0 Å². The van der Waals surface area contributed by atoms with Gasteiger partial charge in [-0.25, -0.2) is 19.2 Å². The molecule has 0 saturated carbocycles. The molecule has 0 aromatic heterocycles. The SMILES string of the molecule is C=CC(=O)OCCCCOc1ccc(C(=O)Oc2ccc(C(=O)O[C@H]3CO[C@H]4[C@@H]3OC[C@H]4OC(=O)/C=C/c3ccc(-c4ccccc4)cc3)cc2)cc1. The number of hydrogen-bond donors (Lipinski definition) is 0. The van der Waals surface area contributed by atoms with Crippen molar-refractivity contribution < 1.29 is 52.3 Å². The second-order valence-corrected chi connectivity index (χ2v) is 12.2. The molecule has 4 atom stereocenters. The average molecular weight is 719 g/mol. The van der Waals surface area contributed by atoms with Crippen LogP contribution in [0, 0.1) is 0 Å². The van der Waals surface area contributed by atoms with Crippen LogP contribution >= 0.6 is 0 Å². The van der Waals surface area contributed by atoms with Gasteiger partial charge in [-0.15, -0.1) is 0 Å². The van der Waals surface area contributed by atoms with Gasteiger partial charge in [0.25, 0.3) is 0 Å². The maximum atomic E-state index is 13.0. The number of carbonyl (C=O) groups excluding carboxylic acids is 4. The van der Waals surface area contributed by atoms with E-state index in [4.69, 9.17) is 33.2 Å². The number of esters is 4. The van der Waals surface area contributed by atoms with Crippen LogP contribution in [0.3, 0.4) is 0 Å². The highest BCUT2D eigenvalue weighted by molar-refractivity contribution is 5.92. The van der Waals surface area contributed by atoms with Crippen LogP contribution < -0.4 is 9.47 Å². The van der Waals surface area contributed by atoms with E-state index in [1.165, 1.54) is 30.3 Å². The third-order valence-corrected chi connectivity index (χ3v) is 8.53. The van der Waals surface area contributed by atoms with E-state index in [9.17, 15) is 19.2 Å². The normalized spacial score (nSPS) is 18.9. The van der Waals surface area contributed by atoms with E-state index in [0.717, 1.165) is 22.8 Å². The van der Waals surface area contributed by atoms with Crippen LogP contribution in [0.2, 0.25) is 0 Å². The Bertz CT molecular complexity index is 1900. The van der Waals surface area contributed by atoms with E-state index in [2.05, 4.69) is 6.58 Å². The zero-order valence-corrected chi connectivity index (χ0v) is 28.8. The molecule has 6 rings (SSSR count). The van der Waals surface area contributed by atoms with Crippen molar-refractivity contribution in [2.24, 2.45) is 0 Å². The van der Waals surface area contributed by atoms with Gasteiger partial charge in [0.05, 0.1) is 37.6 Å². The lowest BCUT2D eigenvalue weighted by molar-refractivity contribution is -0.147. The fraction of sp³-hybridized carbons (Fsp3) is 0.238. The Labute approximate surface area is 306 Å². The minimum atomic E-state index is -0.693. The summed E-state index contributed by atoms with van der Waals surface area (Å²) in [5.41, 5.74) is 3.60. The average Bonchev–Trinajstić information content (AvgIpc) is 3.78. The quantitative estimate of drug-likeness (QED) is 0.0444. The van der Waals surface area contributed by atoms with Crippen LogP contribution in [0.25, 0.3) is 17.2 Å². The van der Waals surface area contributed by atoms with E-state index in [-0.39, 0.29) is 24.5 Å². The highest BCUT2D eigenvalue weighted by Crippen LogP contribution is 2.31. The summed E-state index contributed by atoms with van der Waals surface area (Å²) in [6, 6.07) is 30.3. The third kappa shape index (κ3) is 10.1. The molecule has 0 spiro atoms. The van der Waals surface area contributed by atoms with Crippen molar-refractivity contribution in [3.8, 4) is 22.6 Å². The number of carbonyl (C=O) groups is 4. The molecular formula is C42H38O11. The minimum Gasteiger partial charge on any atom is -0.494 e. The summed E-state index contributed by atoms with van der Waals surface area (Å²) in [6.45, 7) is 4.26. The van der Waals surface area contributed by atoms with Crippen molar-refractivity contribution in [1.82, 2.24) is 0 Å². The first-order valence-corrected chi connectivity index (χ1v) is 17.2. The van der Waals surface area contributed by atoms with Gasteiger partial charge in [-0.2, -0.15) is 0 Å². The van der Waals surface area contributed by atoms with Gasteiger partial charge in [-0.05, 0) is 84.1 Å². The summed E-state index contributed by atoms with van der Waals surface area (Å²) in [6.07, 6.45) is 3.00. The first kappa shape index (κ1) is 36.7. The number of benzene rings is 4. The van der Waals surface area contributed by atoms with Gasteiger partial charge in [-0.3, -0.25) is 0 Å². The molecule has 0 amide bonds. The molecule has 2 fully saturated rings. The summed E-state index contributed by atoms with van der Waals surface area (Å²) in [7, 11) is 0. The monoisotopic (exact) mass is 718 g/mol. The summed E-state index contributed by atoms with van der Waals surface area (Å²) in [5.74, 6) is -1.34. The molecule has 0 unspecified atom stereocenters. The molecule has 2 saturated heterocycles. The molecule has 0 bridgehead atoms. The molecule has 4 aromatic rings. The Morgan fingerprint density at radius 1 is 0.642 bits per heavy atom. The molecule has 2 aliphatic rings. The summed E-state index contributed by atoms with van der Waals surface area (Å²) < 4.78 is 39.0. The molecular weight excluding hydrogens is 680 g/mol. The molecule has 0 radical (unpaired) electrons. The summed E-state index contributed by atoms with van der Waals surface area (Å²) >= 11 is 0. The minimum absolute atomic E-state index is 0.0888. The number of unbranched alkanes of at least 4 members (excludes halogenated alkanes) is 1. The lowest BCUT2D eigenvalue weighted by Crippen LogP contribution is -2.35. The van der Waals surface area contributed by atoms with Gasteiger partial charge in [0.1, 0.15) is 23.7 Å². The molecule has 11 nitrogen and oxygen atoms in total. The maximum absolute atomic E-state index is 13.0. The topological polar surface area (TPSA) is 133 Å². The fourth-order valence-electron chi connectivity index (χ4n) is 5.74. The second-order valence-electron chi connectivity index (χ2n) is 12.2. The predicted octanol–water partition coefficient (Wildman–Crippen LogP) is 6.41. The number of fused-ring (bicyclic) bond motifs is 1. The van der Waals surface area contributed by atoms with Crippen molar-refractivity contribution in [2.45, 2.75) is 37.3 Å². The van der Waals surface area contributed by atoms with Crippen molar-refractivity contribution in [3.63, 3.8) is 0 Å². The predicted molar refractivity (Wildman–Crippen MR) is 193 cm³/mol. The van der Waals surface area contributed by atoms with Gasteiger partial charge < -0.3 is 33.2 Å². The fourth-order valence-corrected chi connectivity index (χ4v) is 5.74. The second kappa shape index (κ2) is 17.9. The molecule has 0 aliphatic carbocycles. The first-order valence-electron chi connectivity index (χ1n) is 17.2. The smallest absolute Gasteiger partial charge is 0.343 e. The third-order valence-electron chi connectivity index (χ3n) is 8.53. The zero-order chi connectivity index (χ0) is 37.0. The summed E-state index contributed by atoms with van der Waals surface area (Å²) in [5, 5.41) is 0. The number of rotatable bonds is 15. The lowest BCUT2D eigenvalue weighted by Gasteiger charge is -2.17. The largest absolute Gasteiger partial charge is 0.494 e. The number of hydrogen-bond acceptors (Lipinski definition) is 11. The van der Waals surface area contributed by atoms with Crippen molar-refractivity contribution in [3.05, 3.63) is 139 Å². The van der Waals surface area contributed by atoms with Gasteiger partial charge in [0, 0.05) is 12.2 Å². The Morgan fingerprint density at radius 3 is 1.89 bits per heavy atom. The van der Waals surface area contributed by atoms with E-state index in [1.54, 1.807) is 30.3 Å².